The summed E-state index contributed by atoms with van der Waals surface area (Å²) in [6.45, 7) is 1.44. The maximum absolute atomic E-state index is 12.1. The number of ether oxygens (including phenoxy) is 1. The van der Waals surface area contributed by atoms with Crippen LogP contribution in [0.3, 0.4) is 0 Å². The zero-order valence-electron chi connectivity index (χ0n) is 15.2. The lowest BCUT2D eigenvalue weighted by molar-refractivity contribution is -0.384. The van der Waals surface area contributed by atoms with Crippen molar-refractivity contribution in [2.45, 2.75) is 6.92 Å². The number of esters is 1. The van der Waals surface area contributed by atoms with Gasteiger partial charge in [-0.3, -0.25) is 14.9 Å². The number of nitrogens with one attached hydrogen (secondary N) is 1. The van der Waals surface area contributed by atoms with Gasteiger partial charge in [-0.2, -0.15) is 0 Å². The molecule has 0 aliphatic carbocycles. The first-order chi connectivity index (χ1) is 13.8. The Hall–Kier alpha value is -3.46. The first kappa shape index (κ1) is 20.3. The van der Waals surface area contributed by atoms with Gasteiger partial charge in [0.2, 0.25) is 5.76 Å². The summed E-state index contributed by atoms with van der Waals surface area (Å²) in [5, 5.41) is 13.3. The largest absolute Gasteiger partial charge is 0.450 e. The van der Waals surface area contributed by atoms with E-state index in [1.165, 1.54) is 30.3 Å². The standard InChI is InChI=1S/C20H15BrN2O6/c1-12-2-7-16(15(21)10-12)22-19(24)11-28-20(25)18-9-8-17(29-18)13-3-5-14(6-4-13)23(26)27/h2-10H,11H2,1H3,(H,22,24). The quantitative estimate of drug-likeness (QED) is 0.324. The van der Waals surface area contributed by atoms with E-state index in [2.05, 4.69) is 21.2 Å². The lowest BCUT2D eigenvalue weighted by Gasteiger charge is -2.08. The van der Waals surface area contributed by atoms with Crippen LogP contribution >= 0.6 is 15.9 Å². The van der Waals surface area contributed by atoms with Gasteiger partial charge in [0, 0.05) is 22.2 Å². The summed E-state index contributed by atoms with van der Waals surface area (Å²) in [5.41, 5.74) is 2.11. The molecule has 1 heterocycles. The normalized spacial score (nSPS) is 10.4. The zero-order valence-corrected chi connectivity index (χ0v) is 16.8. The number of nitro benzene ring substituents is 1. The Bertz CT molecular complexity index is 1070. The SMILES string of the molecule is Cc1ccc(NC(=O)COC(=O)c2ccc(-c3ccc([N+](=O)[O-])cc3)o2)c(Br)c1. The molecule has 29 heavy (non-hydrogen) atoms. The van der Waals surface area contributed by atoms with Crippen molar-refractivity contribution in [1.29, 1.82) is 0 Å². The van der Waals surface area contributed by atoms with E-state index in [4.69, 9.17) is 9.15 Å². The highest BCUT2D eigenvalue weighted by atomic mass is 79.9. The van der Waals surface area contributed by atoms with E-state index in [-0.39, 0.29) is 11.4 Å². The van der Waals surface area contributed by atoms with Gasteiger partial charge in [-0.05, 0) is 64.8 Å². The average Bonchev–Trinajstić information content (AvgIpc) is 3.19. The van der Waals surface area contributed by atoms with E-state index in [0.29, 0.717) is 17.0 Å². The topological polar surface area (TPSA) is 112 Å². The third-order valence-corrected chi connectivity index (χ3v) is 4.56. The van der Waals surface area contributed by atoms with Crippen molar-refractivity contribution in [3.8, 4) is 11.3 Å². The number of aryl methyl sites for hydroxylation is 1. The molecule has 148 valence electrons. The fraction of sp³-hybridized carbons (Fsp3) is 0.100. The van der Waals surface area contributed by atoms with Crippen LogP contribution in [0.15, 0.2) is 63.5 Å². The van der Waals surface area contributed by atoms with Gasteiger partial charge >= 0.3 is 5.97 Å². The molecule has 0 saturated heterocycles. The molecular formula is C20H15BrN2O6. The summed E-state index contributed by atoms with van der Waals surface area (Å²) >= 11 is 3.35. The number of amides is 1. The van der Waals surface area contributed by atoms with Gasteiger partial charge in [0.15, 0.2) is 6.61 Å². The van der Waals surface area contributed by atoms with Crippen molar-refractivity contribution >= 4 is 39.2 Å². The van der Waals surface area contributed by atoms with E-state index < -0.39 is 23.4 Å². The predicted octanol–water partition coefficient (Wildman–Crippen LogP) is 4.72. The second-order valence-corrected chi connectivity index (χ2v) is 6.93. The number of nitrogens with zero attached hydrogens (tertiary/aromatic N) is 1. The Balaban J connectivity index is 1.58. The lowest BCUT2D eigenvalue weighted by Crippen LogP contribution is -2.21. The van der Waals surface area contributed by atoms with Crippen molar-refractivity contribution in [2.75, 3.05) is 11.9 Å². The highest BCUT2D eigenvalue weighted by molar-refractivity contribution is 9.10. The Kier molecular flexibility index (Phi) is 6.08. The minimum Gasteiger partial charge on any atom is -0.450 e. The number of anilines is 1. The average molecular weight is 459 g/mol. The maximum Gasteiger partial charge on any atom is 0.374 e. The van der Waals surface area contributed by atoms with Crippen molar-refractivity contribution < 1.29 is 23.7 Å². The highest BCUT2D eigenvalue weighted by Crippen LogP contribution is 2.25. The van der Waals surface area contributed by atoms with Crippen LogP contribution in [-0.2, 0) is 9.53 Å². The number of rotatable bonds is 6. The van der Waals surface area contributed by atoms with Crippen LogP contribution in [0.4, 0.5) is 11.4 Å². The molecule has 0 aliphatic rings. The second kappa shape index (κ2) is 8.70. The molecule has 0 aliphatic heterocycles. The first-order valence-electron chi connectivity index (χ1n) is 8.41. The van der Waals surface area contributed by atoms with Crippen LogP contribution in [0.5, 0.6) is 0 Å². The summed E-state index contributed by atoms with van der Waals surface area (Å²) in [5.74, 6) is -1.02. The number of furan rings is 1. The molecule has 0 saturated carbocycles. The van der Waals surface area contributed by atoms with Crippen molar-refractivity contribution in [3.05, 3.63) is 80.5 Å². The van der Waals surface area contributed by atoms with Crippen LogP contribution < -0.4 is 5.32 Å². The van der Waals surface area contributed by atoms with Crippen molar-refractivity contribution in [3.63, 3.8) is 0 Å². The van der Waals surface area contributed by atoms with E-state index in [0.717, 1.165) is 10.0 Å². The maximum atomic E-state index is 12.1. The minimum atomic E-state index is -0.795. The van der Waals surface area contributed by atoms with Crippen molar-refractivity contribution in [1.82, 2.24) is 0 Å². The number of hydrogen-bond donors (Lipinski definition) is 1. The summed E-state index contributed by atoms with van der Waals surface area (Å²) in [7, 11) is 0. The number of carbonyl (C=O) groups is 2. The van der Waals surface area contributed by atoms with E-state index >= 15 is 0 Å². The second-order valence-electron chi connectivity index (χ2n) is 6.08. The minimum absolute atomic E-state index is 0.0498. The smallest absolute Gasteiger partial charge is 0.374 e. The number of nitro groups is 1. The van der Waals surface area contributed by atoms with Crippen molar-refractivity contribution in [2.24, 2.45) is 0 Å². The third kappa shape index (κ3) is 5.08. The molecule has 8 nitrogen and oxygen atoms in total. The predicted molar refractivity (Wildman–Crippen MR) is 109 cm³/mol. The molecule has 9 heteroatoms. The van der Waals surface area contributed by atoms with Crippen LogP contribution in [0.1, 0.15) is 16.1 Å². The molecule has 0 bridgehead atoms. The van der Waals surface area contributed by atoms with Crippen LogP contribution in [0, 0.1) is 17.0 Å². The van der Waals surface area contributed by atoms with Gasteiger partial charge in [0.1, 0.15) is 5.76 Å². The molecule has 2 aromatic carbocycles. The van der Waals surface area contributed by atoms with Gasteiger partial charge in [-0.1, -0.05) is 6.07 Å². The molecule has 0 spiro atoms. The Labute approximate surface area is 173 Å². The van der Waals surface area contributed by atoms with E-state index in [9.17, 15) is 19.7 Å². The number of non-ortho nitro benzene ring substituents is 1. The van der Waals surface area contributed by atoms with Crippen LogP contribution in [0.2, 0.25) is 0 Å². The number of hydrogen-bond acceptors (Lipinski definition) is 6. The molecule has 1 N–H and O–H groups in total. The number of halogens is 1. The molecular weight excluding hydrogens is 444 g/mol. The first-order valence-corrected chi connectivity index (χ1v) is 9.20. The molecule has 0 unspecified atom stereocenters. The fourth-order valence-electron chi connectivity index (χ4n) is 2.46. The molecule has 0 fully saturated rings. The Morgan fingerprint density at radius 2 is 1.86 bits per heavy atom. The van der Waals surface area contributed by atoms with Gasteiger partial charge in [-0.15, -0.1) is 0 Å². The summed E-state index contributed by atoms with van der Waals surface area (Å²) in [4.78, 5) is 34.3. The van der Waals surface area contributed by atoms with E-state index in [1.54, 1.807) is 12.1 Å². The fourth-order valence-corrected chi connectivity index (χ4v) is 3.05. The van der Waals surface area contributed by atoms with Gasteiger partial charge in [0.05, 0.1) is 10.6 Å². The Morgan fingerprint density at radius 1 is 1.14 bits per heavy atom. The van der Waals surface area contributed by atoms with Gasteiger partial charge in [0.25, 0.3) is 11.6 Å². The third-order valence-electron chi connectivity index (χ3n) is 3.90. The molecule has 3 aromatic rings. The molecule has 0 atom stereocenters. The number of benzene rings is 2. The molecule has 3 rings (SSSR count). The summed E-state index contributed by atoms with van der Waals surface area (Å²) in [6, 6.07) is 14.1. The zero-order chi connectivity index (χ0) is 21.0. The molecule has 1 aromatic heterocycles. The van der Waals surface area contributed by atoms with Crippen LogP contribution in [-0.4, -0.2) is 23.4 Å². The lowest BCUT2D eigenvalue weighted by atomic mass is 10.1. The highest BCUT2D eigenvalue weighted by Gasteiger charge is 2.16. The monoisotopic (exact) mass is 458 g/mol. The number of carbonyl (C=O) groups excluding carboxylic acids is 2. The van der Waals surface area contributed by atoms with Crippen LogP contribution in [0.25, 0.3) is 11.3 Å². The van der Waals surface area contributed by atoms with E-state index in [1.807, 2.05) is 19.1 Å². The molecule has 0 radical (unpaired) electrons. The summed E-state index contributed by atoms with van der Waals surface area (Å²) in [6.07, 6.45) is 0. The van der Waals surface area contributed by atoms with Gasteiger partial charge < -0.3 is 14.5 Å². The summed E-state index contributed by atoms with van der Waals surface area (Å²) < 4.78 is 11.1. The Morgan fingerprint density at radius 3 is 2.52 bits per heavy atom. The van der Waals surface area contributed by atoms with Gasteiger partial charge in [-0.25, -0.2) is 4.79 Å². The molecule has 1 amide bonds.